The molecule has 0 aliphatic carbocycles. The van der Waals surface area contributed by atoms with E-state index >= 15 is 0 Å². The highest BCUT2D eigenvalue weighted by Gasteiger charge is 1.87. The van der Waals surface area contributed by atoms with Crippen LogP contribution in [0.4, 0.5) is 0 Å². The van der Waals surface area contributed by atoms with Gasteiger partial charge in [0, 0.05) is 0 Å². The second-order valence-corrected chi connectivity index (χ2v) is 3.45. The van der Waals surface area contributed by atoms with E-state index in [4.69, 9.17) is 0 Å². The van der Waals surface area contributed by atoms with Crippen molar-refractivity contribution in [1.29, 1.82) is 0 Å². The molecule has 0 aliphatic rings. The molecule has 0 rings (SSSR count). The molecule has 0 saturated carbocycles. The molecule has 0 aromatic heterocycles. The van der Waals surface area contributed by atoms with Crippen molar-refractivity contribution in [2.24, 2.45) is 0 Å². The van der Waals surface area contributed by atoms with Crippen molar-refractivity contribution in [2.45, 2.75) is 51.9 Å². The predicted octanol–water partition coefficient (Wildman–Crippen LogP) is 4.65. The maximum absolute atomic E-state index is 3.26. The van der Waals surface area contributed by atoms with E-state index < -0.39 is 0 Å². The molecule has 0 atom stereocenters. The third kappa shape index (κ3) is 10.2. The van der Waals surface area contributed by atoms with Crippen LogP contribution in [0, 0.1) is 0 Å². The van der Waals surface area contributed by atoms with Crippen LogP contribution in [-0.4, -0.2) is 0 Å². The molecule has 0 spiro atoms. The Bertz CT molecular complexity index is 86.9. The standard InChI is InChI=1S/C10H19Br/c1-2-3-4-5-6-7-8-9-10-11/h9-10H,2-8H2,1H3/b10-9+. The maximum atomic E-state index is 3.26. The van der Waals surface area contributed by atoms with E-state index in [-0.39, 0.29) is 0 Å². The Morgan fingerprint density at radius 2 is 1.64 bits per heavy atom. The van der Waals surface area contributed by atoms with Crippen molar-refractivity contribution in [3.05, 3.63) is 11.1 Å². The number of allylic oxidation sites excluding steroid dienone is 1. The smallest absolute Gasteiger partial charge is 0.0229 e. The number of hydrogen-bond acceptors (Lipinski definition) is 0. The van der Waals surface area contributed by atoms with Gasteiger partial charge in [0.2, 0.25) is 0 Å². The van der Waals surface area contributed by atoms with Gasteiger partial charge in [0.05, 0.1) is 0 Å². The molecule has 0 aromatic rings. The topological polar surface area (TPSA) is 0 Å². The summed E-state index contributed by atoms with van der Waals surface area (Å²) < 4.78 is 0. The summed E-state index contributed by atoms with van der Waals surface area (Å²) in [5, 5.41) is 0. The fraction of sp³-hybridized carbons (Fsp3) is 0.800. The lowest BCUT2D eigenvalue weighted by Crippen LogP contribution is -1.77. The first-order chi connectivity index (χ1) is 5.41. The zero-order valence-electron chi connectivity index (χ0n) is 7.48. The van der Waals surface area contributed by atoms with Gasteiger partial charge in [-0.15, -0.1) is 0 Å². The summed E-state index contributed by atoms with van der Waals surface area (Å²) in [5.41, 5.74) is 0. The van der Waals surface area contributed by atoms with E-state index in [0.29, 0.717) is 0 Å². The van der Waals surface area contributed by atoms with Gasteiger partial charge < -0.3 is 0 Å². The molecule has 0 fully saturated rings. The molecule has 0 bridgehead atoms. The van der Waals surface area contributed by atoms with E-state index in [9.17, 15) is 0 Å². The average molecular weight is 219 g/mol. The largest absolute Gasteiger partial charge is 0.0776 e. The summed E-state index contributed by atoms with van der Waals surface area (Å²) in [5.74, 6) is 0. The summed E-state index contributed by atoms with van der Waals surface area (Å²) in [6, 6.07) is 0. The fourth-order valence-electron chi connectivity index (χ4n) is 1.11. The minimum Gasteiger partial charge on any atom is -0.0776 e. The molecule has 0 amide bonds. The molecule has 0 N–H and O–H groups in total. The number of halogens is 1. The fourth-order valence-corrected chi connectivity index (χ4v) is 1.37. The lowest BCUT2D eigenvalue weighted by molar-refractivity contribution is 0.611. The first-order valence-corrected chi connectivity index (χ1v) is 5.58. The Labute approximate surface area is 79.2 Å². The number of rotatable bonds is 7. The van der Waals surface area contributed by atoms with Crippen molar-refractivity contribution in [2.75, 3.05) is 0 Å². The highest BCUT2D eigenvalue weighted by atomic mass is 79.9. The van der Waals surface area contributed by atoms with Gasteiger partial charge in [-0.05, 0) is 17.8 Å². The van der Waals surface area contributed by atoms with Crippen molar-refractivity contribution in [1.82, 2.24) is 0 Å². The number of unbranched alkanes of at least 4 members (excludes halogenated alkanes) is 6. The second kappa shape index (κ2) is 10.2. The van der Waals surface area contributed by atoms with Crippen molar-refractivity contribution < 1.29 is 0 Å². The summed E-state index contributed by atoms with van der Waals surface area (Å²) in [7, 11) is 0. The molecule has 0 nitrogen and oxygen atoms in total. The van der Waals surface area contributed by atoms with E-state index in [1.165, 1.54) is 44.9 Å². The quantitative estimate of drug-likeness (QED) is 0.547. The molecule has 66 valence electrons. The first kappa shape index (κ1) is 11.2. The lowest BCUT2D eigenvalue weighted by Gasteiger charge is -1.96. The summed E-state index contributed by atoms with van der Waals surface area (Å²) in [4.78, 5) is 1.96. The molecule has 0 aliphatic heterocycles. The van der Waals surface area contributed by atoms with E-state index in [0.717, 1.165) is 0 Å². The van der Waals surface area contributed by atoms with Crippen molar-refractivity contribution in [3.8, 4) is 0 Å². The zero-order chi connectivity index (χ0) is 8.36. The SMILES string of the molecule is CCCCCCCC/C=C/Br. The maximum Gasteiger partial charge on any atom is -0.0229 e. The Morgan fingerprint density at radius 1 is 1.00 bits per heavy atom. The lowest BCUT2D eigenvalue weighted by atomic mass is 10.1. The normalized spacial score (nSPS) is 11.1. The van der Waals surface area contributed by atoms with Crippen LogP contribution in [0.2, 0.25) is 0 Å². The third-order valence-corrected chi connectivity index (χ3v) is 2.19. The monoisotopic (exact) mass is 218 g/mol. The van der Waals surface area contributed by atoms with Gasteiger partial charge in [0.1, 0.15) is 0 Å². The van der Waals surface area contributed by atoms with Gasteiger partial charge in [-0.3, -0.25) is 0 Å². The van der Waals surface area contributed by atoms with Crippen molar-refractivity contribution >= 4 is 15.9 Å². The molecule has 1 heteroatoms. The highest BCUT2D eigenvalue weighted by Crippen LogP contribution is 2.07. The Kier molecular flexibility index (Phi) is 10.4. The summed E-state index contributed by atoms with van der Waals surface area (Å²) >= 11 is 3.26. The molecule has 0 saturated heterocycles. The van der Waals surface area contributed by atoms with Gasteiger partial charge in [0.15, 0.2) is 0 Å². The van der Waals surface area contributed by atoms with Gasteiger partial charge >= 0.3 is 0 Å². The number of hydrogen-bond donors (Lipinski definition) is 0. The zero-order valence-corrected chi connectivity index (χ0v) is 9.07. The average Bonchev–Trinajstić information content (AvgIpc) is 2.03. The molecule has 0 unspecified atom stereocenters. The van der Waals surface area contributed by atoms with Crippen LogP contribution in [0.15, 0.2) is 11.1 Å². The van der Waals surface area contributed by atoms with Gasteiger partial charge in [0.25, 0.3) is 0 Å². The van der Waals surface area contributed by atoms with Gasteiger partial charge in [-0.1, -0.05) is 61.0 Å². The first-order valence-electron chi connectivity index (χ1n) is 4.67. The highest BCUT2D eigenvalue weighted by molar-refractivity contribution is 9.11. The van der Waals surface area contributed by atoms with E-state index in [1.54, 1.807) is 0 Å². The van der Waals surface area contributed by atoms with Crippen molar-refractivity contribution in [3.63, 3.8) is 0 Å². The molecule has 0 aromatic carbocycles. The Hall–Kier alpha value is 0.220. The van der Waals surface area contributed by atoms with Crippen LogP contribution in [0.5, 0.6) is 0 Å². The minimum absolute atomic E-state index is 1.23. The van der Waals surface area contributed by atoms with Crippen LogP contribution in [0.3, 0.4) is 0 Å². The second-order valence-electron chi connectivity index (χ2n) is 2.92. The van der Waals surface area contributed by atoms with Crippen LogP contribution in [0.1, 0.15) is 51.9 Å². The summed E-state index contributed by atoms with van der Waals surface area (Å²) in [6.45, 7) is 2.26. The van der Waals surface area contributed by atoms with Crippen LogP contribution < -0.4 is 0 Å². The molecule has 0 heterocycles. The van der Waals surface area contributed by atoms with E-state index in [2.05, 4.69) is 28.9 Å². The van der Waals surface area contributed by atoms with Gasteiger partial charge in [-0.25, -0.2) is 0 Å². The third-order valence-electron chi connectivity index (χ3n) is 1.81. The van der Waals surface area contributed by atoms with Crippen LogP contribution in [-0.2, 0) is 0 Å². The molecule has 0 radical (unpaired) electrons. The molecular weight excluding hydrogens is 200 g/mol. The predicted molar refractivity (Wildman–Crippen MR) is 56.1 cm³/mol. The molecule has 11 heavy (non-hydrogen) atoms. The van der Waals surface area contributed by atoms with Gasteiger partial charge in [-0.2, -0.15) is 0 Å². The Morgan fingerprint density at radius 3 is 2.27 bits per heavy atom. The Balaban J connectivity index is 2.79. The van der Waals surface area contributed by atoms with E-state index in [1.807, 2.05) is 4.99 Å². The van der Waals surface area contributed by atoms with Crippen LogP contribution in [0.25, 0.3) is 0 Å². The molecular formula is C10H19Br. The minimum atomic E-state index is 1.23. The summed E-state index contributed by atoms with van der Waals surface area (Å²) in [6.07, 6.45) is 11.8. The van der Waals surface area contributed by atoms with Crippen LogP contribution >= 0.6 is 15.9 Å².